The first-order valence-electron chi connectivity index (χ1n) is 10.6. The van der Waals surface area contributed by atoms with Crippen LogP contribution in [0.2, 0.25) is 0 Å². The van der Waals surface area contributed by atoms with Crippen LogP contribution in [0.3, 0.4) is 0 Å². The zero-order valence-electron chi connectivity index (χ0n) is 18.3. The van der Waals surface area contributed by atoms with Gasteiger partial charge in [-0.15, -0.1) is 0 Å². The van der Waals surface area contributed by atoms with Crippen LogP contribution in [0.15, 0.2) is 54.7 Å². The molecule has 2 heterocycles. The number of urea groups is 1. The molecule has 0 radical (unpaired) electrons. The van der Waals surface area contributed by atoms with E-state index in [1.165, 1.54) is 18.2 Å². The maximum absolute atomic E-state index is 15.1. The summed E-state index contributed by atoms with van der Waals surface area (Å²) in [4.78, 5) is 32.1. The van der Waals surface area contributed by atoms with E-state index in [4.69, 9.17) is 0 Å². The molecule has 0 unspecified atom stereocenters. The summed E-state index contributed by atoms with van der Waals surface area (Å²) in [7, 11) is 0. The number of carbonyl (C=O) groups excluding carboxylic acids is 2. The number of nitrogens with zero attached hydrogens (tertiary/aromatic N) is 1. The molecule has 4 aromatic rings. The number of fused-ring (bicyclic) bond motifs is 1. The maximum Gasteiger partial charge on any atom is 0.323 e. The second-order valence-corrected chi connectivity index (χ2v) is 7.98. The molecule has 1 aliphatic heterocycles. The van der Waals surface area contributed by atoms with E-state index in [1.54, 1.807) is 18.3 Å². The molecule has 7 nitrogen and oxygen atoms in total. The van der Waals surface area contributed by atoms with E-state index in [-0.39, 0.29) is 23.7 Å². The lowest BCUT2D eigenvalue weighted by Crippen LogP contribution is -2.21. The van der Waals surface area contributed by atoms with Gasteiger partial charge < -0.3 is 20.9 Å². The monoisotopic (exact) mass is 477 g/mol. The molecule has 35 heavy (non-hydrogen) atoms. The van der Waals surface area contributed by atoms with Gasteiger partial charge in [0.05, 0.1) is 5.56 Å². The van der Waals surface area contributed by atoms with Crippen molar-refractivity contribution >= 4 is 23.3 Å². The number of H-pyrrole nitrogens is 1. The first-order valence-corrected chi connectivity index (χ1v) is 10.6. The normalized spacial score (nSPS) is 12.3. The summed E-state index contributed by atoms with van der Waals surface area (Å²) < 4.78 is 42.6. The first kappa shape index (κ1) is 22.2. The topological polar surface area (TPSA) is 98.9 Å². The van der Waals surface area contributed by atoms with Crippen molar-refractivity contribution in [2.24, 2.45) is 0 Å². The number of halogens is 3. The molecule has 0 fully saturated rings. The summed E-state index contributed by atoms with van der Waals surface area (Å²) in [6.07, 6.45) is 1.66. The number of imidazole rings is 1. The fourth-order valence-electron chi connectivity index (χ4n) is 4.05. The molecule has 0 bridgehead atoms. The molecule has 5 rings (SSSR count). The third-order valence-corrected chi connectivity index (χ3v) is 5.64. The minimum atomic E-state index is -0.938. The zero-order valence-corrected chi connectivity index (χ0v) is 18.3. The number of aromatic nitrogens is 2. The van der Waals surface area contributed by atoms with E-state index in [0.29, 0.717) is 28.1 Å². The number of amides is 3. The third-order valence-electron chi connectivity index (χ3n) is 5.64. The van der Waals surface area contributed by atoms with Crippen LogP contribution in [0, 0.1) is 24.4 Å². The number of hydrogen-bond donors (Lipinski definition) is 4. The highest BCUT2D eigenvalue weighted by Gasteiger charge is 2.28. The van der Waals surface area contributed by atoms with E-state index in [9.17, 15) is 18.4 Å². The van der Waals surface area contributed by atoms with Crippen molar-refractivity contribution in [1.82, 2.24) is 15.3 Å². The van der Waals surface area contributed by atoms with Gasteiger partial charge in [-0.3, -0.25) is 4.79 Å². The zero-order chi connectivity index (χ0) is 24.7. The summed E-state index contributed by atoms with van der Waals surface area (Å²) in [6, 6.07) is 9.67. The van der Waals surface area contributed by atoms with Crippen molar-refractivity contribution in [3.05, 3.63) is 89.0 Å². The standard InChI is InChI=1S/C25H18F3N5O2/c1-12-10-29-23(31-12)16-8-7-14(17-11-30-24(34)21(16)17)15-6-5-13(9-20(15)28)32-25(35)33-22-18(26)3-2-4-19(22)27/h2-10H,11H2,1H3,(H,29,31)(H,30,34)(H2,32,33,35). The van der Waals surface area contributed by atoms with Gasteiger partial charge in [0.25, 0.3) is 5.91 Å². The molecule has 10 heteroatoms. The first-order chi connectivity index (χ1) is 16.8. The van der Waals surface area contributed by atoms with Crippen molar-refractivity contribution in [3.63, 3.8) is 0 Å². The van der Waals surface area contributed by atoms with Crippen molar-refractivity contribution in [2.45, 2.75) is 13.5 Å². The molecule has 176 valence electrons. The fourth-order valence-corrected chi connectivity index (χ4v) is 4.05. The smallest absolute Gasteiger partial charge is 0.323 e. The quantitative estimate of drug-likeness (QED) is 0.319. The summed E-state index contributed by atoms with van der Waals surface area (Å²) in [6.45, 7) is 2.08. The summed E-state index contributed by atoms with van der Waals surface area (Å²) in [5, 5.41) is 7.20. The number of carbonyl (C=O) groups is 2. The Hall–Kier alpha value is -4.60. The lowest BCUT2D eigenvalue weighted by Gasteiger charge is -2.13. The molecule has 1 aromatic heterocycles. The van der Waals surface area contributed by atoms with Crippen LogP contribution < -0.4 is 16.0 Å². The van der Waals surface area contributed by atoms with Crippen LogP contribution in [-0.4, -0.2) is 21.9 Å². The van der Waals surface area contributed by atoms with Gasteiger partial charge >= 0.3 is 6.03 Å². The van der Waals surface area contributed by atoms with E-state index in [0.717, 1.165) is 23.9 Å². The Morgan fingerprint density at radius 1 is 0.943 bits per heavy atom. The second kappa shape index (κ2) is 8.64. The molecule has 3 aromatic carbocycles. The van der Waals surface area contributed by atoms with Crippen LogP contribution in [0.1, 0.15) is 21.6 Å². The highest BCUT2D eigenvalue weighted by Crippen LogP contribution is 2.36. The molecule has 0 saturated carbocycles. The Morgan fingerprint density at radius 2 is 1.66 bits per heavy atom. The Bertz CT molecular complexity index is 1480. The van der Waals surface area contributed by atoms with Gasteiger partial charge in [-0.25, -0.2) is 22.9 Å². The van der Waals surface area contributed by atoms with E-state index in [1.807, 2.05) is 6.92 Å². The minimum absolute atomic E-state index is 0.0778. The number of para-hydroxylation sites is 1. The van der Waals surface area contributed by atoms with Gasteiger partial charge in [-0.1, -0.05) is 12.1 Å². The van der Waals surface area contributed by atoms with E-state index in [2.05, 4.69) is 25.9 Å². The van der Waals surface area contributed by atoms with Crippen molar-refractivity contribution in [2.75, 3.05) is 10.6 Å². The highest BCUT2D eigenvalue weighted by molar-refractivity contribution is 6.06. The predicted octanol–water partition coefficient (Wildman–Crippen LogP) is 5.36. The lowest BCUT2D eigenvalue weighted by atomic mass is 9.92. The molecule has 4 N–H and O–H groups in total. The van der Waals surface area contributed by atoms with Gasteiger partial charge in [0, 0.05) is 35.2 Å². The van der Waals surface area contributed by atoms with Crippen molar-refractivity contribution < 1.29 is 22.8 Å². The van der Waals surface area contributed by atoms with E-state index < -0.39 is 29.2 Å². The van der Waals surface area contributed by atoms with Gasteiger partial charge in [0.1, 0.15) is 29.0 Å². The lowest BCUT2D eigenvalue weighted by molar-refractivity contribution is 0.0966. The largest absolute Gasteiger partial charge is 0.348 e. The van der Waals surface area contributed by atoms with Crippen molar-refractivity contribution in [1.29, 1.82) is 0 Å². The molecule has 3 amide bonds. The maximum atomic E-state index is 15.1. The molecule has 0 saturated heterocycles. The number of aromatic amines is 1. The van der Waals surface area contributed by atoms with Gasteiger partial charge in [0.15, 0.2) is 0 Å². The third kappa shape index (κ3) is 4.10. The SMILES string of the molecule is Cc1cnc(-c2ccc(-c3ccc(NC(=O)Nc4c(F)cccc4F)cc3F)c3c2C(=O)NC3)[nH]1. The second-order valence-electron chi connectivity index (χ2n) is 7.98. The van der Waals surface area contributed by atoms with Gasteiger partial charge in [-0.05, 0) is 54.4 Å². The summed E-state index contributed by atoms with van der Waals surface area (Å²) >= 11 is 0. The Labute approximate surface area is 197 Å². The molecular formula is C25H18F3N5O2. The van der Waals surface area contributed by atoms with Crippen LogP contribution in [0.4, 0.5) is 29.3 Å². The number of nitrogens with one attached hydrogen (secondary N) is 4. The molecular weight excluding hydrogens is 459 g/mol. The van der Waals surface area contributed by atoms with Gasteiger partial charge in [-0.2, -0.15) is 0 Å². The summed E-state index contributed by atoms with van der Waals surface area (Å²) in [5.41, 5.74) is 2.72. The number of aryl methyl sites for hydroxylation is 1. The molecule has 0 aliphatic carbocycles. The Kier molecular flexibility index (Phi) is 5.48. The van der Waals surface area contributed by atoms with Crippen LogP contribution in [0.25, 0.3) is 22.5 Å². The number of hydrogen-bond acceptors (Lipinski definition) is 3. The minimum Gasteiger partial charge on any atom is -0.348 e. The van der Waals surface area contributed by atoms with Gasteiger partial charge in [0.2, 0.25) is 0 Å². The van der Waals surface area contributed by atoms with E-state index >= 15 is 4.39 Å². The van der Waals surface area contributed by atoms with Crippen LogP contribution in [0.5, 0.6) is 0 Å². The predicted molar refractivity (Wildman–Crippen MR) is 124 cm³/mol. The fraction of sp³-hybridized carbons (Fsp3) is 0.0800. The molecule has 0 spiro atoms. The van der Waals surface area contributed by atoms with Crippen molar-refractivity contribution in [3.8, 4) is 22.5 Å². The number of anilines is 2. The number of rotatable bonds is 4. The Morgan fingerprint density at radius 3 is 2.34 bits per heavy atom. The van der Waals surface area contributed by atoms with Crippen LogP contribution >= 0.6 is 0 Å². The highest BCUT2D eigenvalue weighted by atomic mass is 19.1. The summed E-state index contributed by atoms with van der Waals surface area (Å²) in [5.74, 6) is -2.26. The Balaban J connectivity index is 1.43. The average Bonchev–Trinajstić information content (AvgIpc) is 3.42. The van der Waals surface area contributed by atoms with Crippen LogP contribution in [-0.2, 0) is 6.54 Å². The molecule has 1 aliphatic rings. The average molecular weight is 477 g/mol. The molecule has 0 atom stereocenters. The number of benzene rings is 3.